The molecule has 0 unspecified atom stereocenters. The standard InChI is InChI=1S/C10H12N4O/c11-5-8-1-3-9(4-2-8)14(13)10(6-12)7-15/h1-4,6,15H,7,12-13H2/b10-6-. The lowest BCUT2D eigenvalue weighted by atomic mass is 10.2. The van der Waals surface area contributed by atoms with Crippen LogP contribution in [0.2, 0.25) is 0 Å². The molecule has 0 saturated carbocycles. The first-order chi connectivity index (χ1) is 7.22. The van der Waals surface area contributed by atoms with Crippen LogP contribution in [0.25, 0.3) is 0 Å². The van der Waals surface area contributed by atoms with Crippen LogP contribution in [0.1, 0.15) is 5.56 Å². The number of nitrogens with zero attached hydrogens (tertiary/aromatic N) is 2. The zero-order valence-corrected chi connectivity index (χ0v) is 8.09. The Balaban J connectivity index is 2.92. The normalized spacial score (nSPS) is 10.9. The van der Waals surface area contributed by atoms with Gasteiger partial charge in [-0.1, -0.05) is 0 Å². The Labute approximate surface area is 87.8 Å². The molecule has 5 N–H and O–H groups in total. The fourth-order valence-electron chi connectivity index (χ4n) is 1.07. The highest BCUT2D eigenvalue weighted by Crippen LogP contribution is 2.15. The molecule has 0 fully saturated rings. The lowest BCUT2D eigenvalue weighted by Gasteiger charge is -2.19. The van der Waals surface area contributed by atoms with E-state index in [2.05, 4.69) is 0 Å². The molecule has 0 aliphatic rings. The number of hydrogen-bond donors (Lipinski definition) is 3. The van der Waals surface area contributed by atoms with E-state index in [-0.39, 0.29) is 6.61 Å². The van der Waals surface area contributed by atoms with Crippen molar-refractivity contribution in [1.82, 2.24) is 0 Å². The molecule has 1 aromatic rings. The van der Waals surface area contributed by atoms with Gasteiger partial charge >= 0.3 is 0 Å². The molecule has 0 radical (unpaired) electrons. The second kappa shape index (κ2) is 5.00. The van der Waals surface area contributed by atoms with Crippen molar-refractivity contribution in [3.63, 3.8) is 0 Å². The Morgan fingerprint density at radius 2 is 2.07 bits per heavy atom. The first kappa shape index (κ1) is 11.0. The highest BCUT2D eigenvalue weighted by Gasteiger charge is 2.05. The number of hydrazine groups is 1. The largest absolute Gasteiger partial charge is 0.403 e. The average molecular weight is 204 g/mol. The third kappa shape index (κ3) is 2.47. The molecule has 5 nitrogen and oxygen atoms in total. The number of nitrogens with two attached hydrogens (primary N) is 2. The van der Waals surface area contributed by atoms with Crippen LogP contribution < -0.4 is 16.6 Å². The van der Waals surface area contributed by atoms with Crippen LogP contribution in [0.15, 0.2) is 36.2 Å². The van der Waals surface area contributed by atoms with Gasteiger partial charge in [-0.2, -0.15) is 5.26 Å². The SMILES string of the molecule is N#Cc1ccc(N(N)/C(=C\N)CO)cc1. The Kier molecular flexibility index (Phi) is 3.68. The van der Waals surface area contributed by atoms with Crippen molar-refractivity contribution in [2.45, 2.75) is 0 Å². The Morgan fingerprint density at radius 1 is 1.47 bits per heavy atom. The molecule has 15 heavy (non-hydrogen) atoms. The highest BCUT2D eigenvalue weighted by molar-refractivity contribution is 5.52. The van der Waals surface area contributed by atoms with Crippen LogP contribution in [0.3, 0.4) is 0 Å². The van der Waals surface area contributed by atoms with Crippen molar-refractivity contribution in [3.8, 4) is 6.07 Å². The van der Waals surface area contributed by atoms with Gasteiger partial charge in [-0.3, -0.25) is 5.01 Å². The summed E-state index contributed by atoms with van der Waals surface area (Å²) in [5.74, 6) is 5.69. The molecule has 0 heterocycles. The summed E-state index contributed by atoms with van der Waals surface area (Å²) < 4.78 is 0. The van der Waals surface area contributed by atoms with Crippen LogP contribution >= 0.6 is 0 Å². The monoisotopic (exact) mass is 204 g/mol. The summed E-state index contributed by atoms with van der Waals surface area (Å²) in [5, 5.41) is 18.8. The minimum atomic E-state index is -0.243. The first-order valence-electron chi connectivity index (χ1n) is 4.29. The molecule has 0 saturated heterocycles. The number of nitriles is 1. The summed E-state index contributed by atoms with van der Waals surface area (Å²) in [4.78, 5) is 0. The van der Waals surface area contributed by atoms with E-state index in [4.69, 9.17) is 21.9 Å². The summed E-state index contributed by atoms with van der Waals surface area (Å²) in [5.41, 5.74) is 6.87. The summed E-state index contributed by atoms with van der Waals surface area (Å²) in [7, 11) is 0. The van der Waals surface area contributed by atoms with Crippen LogP contribution in [0, 0.1) is 11.3 Å². The van der Waals surface area contributed by atoms with Gasteiger partial charge in [-0.25, -0.2) is 5.84 Å². The number of benzene rings is 1. The maximum Gasteiger partial charge on any atom is 0.0991 e. The predicted molar refractivity (Wildman–Crippen MR) is 57.2 cm³/mol. The quantitative estimate of drug-likeness (QED) is 0.476. The average Bonchev–Trinajstić information content (AvgIpc) is 2.30. The molecule has 1 rings (SSSR count). The molecule has 0 spiro atoms. The van der Waals surface area contributed by atoms with Gasteiger partial charge in [0.25, 0.3) is 0 Å². The van der Waals surface area contributed by atoms with Crippen molar-refractivity contribution in [1.29, 1.82) is 5.26 Å². The highest BCUT2D eigenvalue weighted by atomic mass is 16.3. The van der Waals surface area contributed by atoms with E-state index in [1.807, 2.05) is 6.07 Å². The van der Waals surface area contributed by atoms with Crippen molar-refractivity contribution in [3.05, 3.63) is 41.7 Å². The molecule has 0 aliphatic heterocycles. The molecule has 0 amide bonds. The summed E-state index contributed by atoms with van der Waals surface area (Å²) in [6.07, 6.45) is 1.23. The first-order valence-corrected chi connectivity index (χ1v) is 4.29. The maximum atomic E-state index is 8.94. The van der Waals surface area contributed by atoms with Crippen LogP contribution in [-0.2, 0) is 0 Å². The second-order valence-electron chi connectivity index (χ2n) is 2.84. The van der Waals surface area contributed by atoms with Crippen LogP contribution in [0.4, 0.5) is 5.69 Å². The van der Waals surface area contributed by atoms with E-state index >= 15 is 0 Å². The molecule has 0 atom stereocenters. The third-order valence-corrected chi connectivity index (χ3v) is 1.94. The topological polar surface area (TPSA) is 99.3 Å². The van der Waals surface area contributed by atoms with Gasteiger partial charge in [0.1, 0.15) is 0 Å². The van der Waals surface area contributed by atoms with Gasteiger partial charge in [-0.15, -0.1) is 0 Å². The molecular weight excluding hydrogens is 192 g/mol. The van der Waals surface area contributed by atoms with E-state index in [1.54, 1.807) is 24.3 Å². The lowest BCUT2D eigenvalue weighted by Crippen LogP contribution is -2.32. The van der Waals surface area contributed by atoms with Crippen LogP contribution in [-0.4, -0.2) is 11.7 Å². The van der Waals surface area contributed by atoms with E-state index in [9.17, 15) is 0 Å². The molecule has 0 aromatic heterocycles. The third-order valence-electron chi connectivity index (χ3n) is 1.94. The van der Waals surface area contributed by atoms with Crippen molar-refractivity contribution in [2.24, 2.45) is 11.6 Å². The van der Waals surface area contributed by atoms with Gasteiger partial charge in [0.15, 0.2) is 0 Å². The van der Waals surface area contributed by atoms with Gasteiger partial charge < -0.3 is 10.8 Å². The number of hydrogen-bond acceptors (Lipinski definition) is 5. The Hall–Kier alpha value is -2.03. The number of aliphatic hydroxyl groups is 1. The van der Waals surface area contributed by atoms with E-state index in [0.29, 0.717) is 16.9 Å². The summed E-state index contributed by atoms with van der Waals surface area (Å²) in [6.45, 7) is -0.243. The Morgan fingerprint density at radius 3 is 2.47 bits per heavy atom. The predicted octanol–water partition coefficient (Wildman–Crippen LogP) is 0.0308. The maximum absolute atomic E-state index is 8.94. The number of rotatable bonds is 3. The zero-order chi connectivity index (χ0) is 11.3. The molecule has 5 heteroatoms. The zero-order valence-electron chi connectivity index (χ0n) is 8.09. The fourth-order valence-corrected chi connectivity index (χ4v) is 1.07. The number of aliphatic hydroxyl groups excluding tert-OH is 1. The van der Waals surface area contributed by atoms with Crippen molar-refractivity contribution >= 4 is 5.69 Å². The minimum absolute atomic E-state index is 0.243. The molecule has 0 bridgehead atoms. The van der Waals surface area contributed by atoms with Crippen LogP contribution in [0.5, 0.6) is 0 Å². The summed E-state index contributed by atoms with van der Waals surface area (Å²) >= 11 is 0. The second-order valence-corrected chi connectivity index (χ2v) is 2.84. The van der Waals surface area contributed by atoms with Crippen molar-refractivity contribution in [2.75, 3.05) is 11.6 Å². The van der Waals surface area contributed by atoms with Gasteiger partial charge in [0, 0.05) is 6.20 Å². The van der Waals surface area contributed by atoms with E-state index in [1.165, 1.54) is 11.2 Å². The smallest absolute Gasteiger partial charge is 0.0991 e. The molecule has 1 aromatic carbocycles. The molecule has 78 valence electrons. The minimum Gasteiger partial charge on any atom is -0.403 e. The van der Waals surface area contributed by atoms with E-state index < -0.39 is 0 Å². The molecule has 0 aliphatic carbocycles. The van der Waals surface area contributed by atoms with Gasteiger partial charge in [0.2, 0.25) is 0 Å². The van der Waals surface area contributed by atoms with Gasteiger partial charge in [-0.05, 0) is 24.3 Å². The lowest BCUT2D eigenvalue weighted by molar-refractivity contribution is 0.327. The fraction of sp³-hybridized carbons (Fsp3) is 0.100. The number of anilines is 1. The summed E-state index contributed by atoms with van der Waals surface area (Å²) in [6, 6.07) is 8.64. The Bertz CT molecular complexity index is 391. The van der Waals surface area contributed by atoms with E-state index in [0.717, 1.165) is 0 Å². The van der Waals surface area contributed by atoms with Crippen molar-refractivity contribution < 1.29 is 5.11 Å². The molecular formula is C10H12N4O. The van der Waals surface area contributed by atoms with Gasteiger partial charge in [0.05, 0.1) is 29.6 Å².